The lowest BCUT2D eigenvalue weighted by Gasteiger charge is -2.30. The van der Waals surface area contributed by atoms with Crippen molar-refractivity contribution in [2.75, 3.05) is 10.2 Å². The number of carbonyl (C=O) groups is 3. The number of ketones is 1. The highest BCUT2D eigenvalue weighted by molar-refractivity contribution is 7.73. The number of nitrogens with zero attached hydrogens (tertiary/aromatic N) is 2. The number of hydrogen-bond donors (Lipinski definition) is 3. The minimum Gasteiger partial charge on any atom is -0.489 e. The summed E-state index contributed by atoms with van der Waals surface area (Å²) in [6.07, 6.45) is -0.796. The Labute approximate surface area is 274 Å². The molecule has 1 unspecified atom stereocenters. The Balaban J connectivity index is 1.38. The van der Waals surface area contributed by atoms with Crippen LogP contribution in [0.3, 0.4) is 0 Å². The lowest BCUT2D eigenvalue weighted by Crippen LogP contribution is -2.57. The van der Waals surface area contributed by atoms with Crippen molar-refractivity contribution in [1.82, 2.24) is 10.2 Å². The van der Waals surface area contributed by atoms with Gasteiger partial charge in [0.15, 0.2) is 15.8 Å². The number of amides is 2. The first kappa shape index (κ1) is 32.2. The summed E-state index contributed by atoms with van der Waals surface area (Å²) in [7, 11) is 0. The molecule has 0 fully saturated rings. The van der Waals surface area contributed by atoms with Gasteiger partial charge >= 0.3 is 6.09 Å². The molecule has 234 valence electrons. The van der Waals surface area contributed by atoms with E-state index in [9.17, 15) is 14.4 Å². The maximum absolute atomic E-state index is 14.1. The predicted molar refractivity (Wildman–Crippen MR) is 179 cm³/mol. The molecule has 5 aromatic rings. The smallest absolute Gasteiger partial charge is 0.415 e. The summed E-state index contributed by atoms with van der Waals surface area (Å²) in [6.45, 7) is 0.339. The molecule has 0 saturated carbocycles. The van der Waals surface area contributed by atoms with Crippen LogP contribution in [-0.2, 0) is 34.0 Å². The van der Waals surface area contributed by atoms with Gasteiger partial charge in [0.1, 0.15) is 19.0 Å². The first-order valence-electron chi connectivity index (χ1n) is 14.3. The van der Waals surface area contributed by atoms with Crippen LogP contribution in [0, 0.1) is 3.95 Å². The van der Waals surface area contributed by atoms with Crippen molar-refractivity contribution in [3.05, 3.63) is 136 Å². The number of rotatable bonds is 13. The van der Waals surface area contributed by atoms with E-state index < -0.39 is 29.9 Å². The zero-order valence-electron chi connectivity index (χ0n) is 24.6. The molecule has 4 N–H and O–H groups in total. The number of carbonyl (C=O) groups excluding carboxylic acids is 3. The number of benzene rings is 4. The average Bonchev–Trinajstić information content (AvgIpc) is 3.50. The minimum absolute atomic E-state index is 0.0724. The fourth-order valence-corrected chi connectivity index (χ4v) is 5.38. The van der Waals surface area contributed by atoms with Crippen molar-refractivity contribution >= 4 is 52.2 Å². The first-order valence-corrected chi connectivity index (χ1v) is 15.6. The quantitative estimate of drug-likeness (QED) is 0.103. The molecule has 0 aliphatic heterocycles. The number of para-hydroxylation sites is 1. The minimum atomic E-state index is -1.69. The lowest BCUT2D eigenvalue weighted by atomic mass is 9.97. The first-order chi connectivity index (χ1) is 22.4. The van der Waals surface area contributed by atoms with E-state index >= 15 is 0 Å². The van der Waals surface area contributed by atoms with E-state index in [0.717, 1.165) is 32.9 Å². The molecular weight excluding hydrogens is 623 g/mol. The van der Waals surface area contributed by atoms with Gasteiger partial charge in [-0.15, -0.1) is 5.10 Å². The Kier molecular flexibility index (Phi) is 11.0. The van der Waals surface area contributed by atoms with Crippen LogP contribution in [0.4, 0.5) is 15.6 Å². The van der Waals surface area contributed by atoms with E-state index in [1.165, 1.54) is 0 Å². The monoisotopic (exact) mass is 653 g/mol. The van der Waals surface area contributed by atoms with Crippen LogP contribution in [0.5, 0.6) is 5.75 Å². The molecule has 4 aromatic carbocycles. The molecule has 12 heteroatoms. The van der Waals surface area contributed by atoms with Gasteiger partial charge in [-0.25, -0.2) is 4.79 Å². The standard InChI is InChI=1S/C34H31N5O5S2/c35-28(20-23-16-18-27(19-17-23)43-21-24-10-4-1-5-11-24)30(40)29(31(41)36-32-37-38-33(45)46-32)39(26-14-8-3-9-15-26)34(42)44-22-25-12-6-2-7-13-25/h1-19,28-29H,20-22,35H2,(H,38,45)(H,36,37,41)/t28-,29?/m0/s1. The number of ether oxygens (including phenoxy) is 2. The molecule has 10 nitrogen and oxygen atoms in total. The molecule has 1 aromatic heterocycles. The van der Waals surface area contributed by atoms with Crippen molar-refractivity contribution in [3.8, 4) is 5.75 Å². The number of hydrogen-bond acceptors (Lipinski definition) is 9. The third-order valence-electron chi connectivity index (χ3n) is 6.87. The summed E-state index contributed by atoms with van der Waals surface area (Å²) >= 11 is 6.10. The number of nitrogens with two attached hydrogens (primary N) is 1. The Morgan fingerprint density at radius 2 is 1.41 bits per heavy atom. The molecule has 5 rings (SSSR count). The van der Waals surface area contributed by atoms with E-state index in [1.807, 2.05) is 60.7 Å². The second-order valence-electron chi connectivity index (χ2n) is 10.2. The molecule has 0 aliphatic carbocycles. The van der Waals surface area contributed by atoms with Crippen LogP contribution in [-0.4, -0.2) is 40.1 Å². The van der Waals surface area contributed by atoms with Crippen LogP contribution in [0.15, 0.2) is 115 Å². The third-order valence-corrected chi connectivity index (χ3v) is 7.88. The molecule has 46 heavy (non-hydrogen) atoms. The topological polar surface area (TPSA) is 140 Å². The van der Waals surface area contributed by atoms with E-state index in [4.69, 9.17) is 27.4 Å². The van der Waals surface area contributed by atoms with Crippen LogP contribution < -0.4 is 20.7 Å². The second-order valence-corrected chi connectivity index (χ2v) is 11.9. The summed E-state index contributed by atoms with van der Waals surface area (Å²) in [4.78, 5) is 42.6. The van der Waals surface area contributed by atoms with Gasteiger partial charge < -0.3 is 15.2 Å². The molecule has 2 amide bonds. The predicted octanol–water partition coefficient (Wildman–Crippen LogP) is 6.07. The van der Waals surface area contributed by atoms with E-state index in [2.05, 4.69) is 15.5 Å². The van der Waals surface area contributed by atoms with Crippen LogP contribution in [0.25, 0.3) is 0 Å². The van der Waals surface area contributed by atoms with E-state index in [0.29, 0.717) is 16.3 Å². The zero-order chi connectivity index (χ0) is 32.3. The maximum atomic E-state index is 14.1. The number of anilines is 2. The lowest BCUT2D eigenvalue weighted by molar-refractivity contribution is -0.128. The molecule has 0 bridgehead atoms. The molecular formula is C34H31N5O5S2. The molecule has 2 atom stereocenters. The number of nitrogens with one attached hydrogen (secondary N) is 2. The molecule has 0 aliphatic rings. The van der Waals surface area contributed by atoms with Gasteiger partial charge in [-0.05, 0) is 59.6 Å². The fourth-order valence-electron chi connectivity index (χ4n) is 4.59. The highest BCUT2D eigenvalue weighted by Gasteiger charge is 2.40. The number of H-pyrrole nitrogens is 1. The summed E-state index contributed by atoms with van der Waals surface area (Å²) < 4.78 is 11.8. The summed E-state index contributed by atoms with van der Waals surface area (Å²) in [6, 6.07) is 31.6. The Bertz CT molecular complexity index is 1800. The second kappa shape index (κ2) is 15.7. The van der Waals surface area contributed by atoms with Gasteiger partial charge in [-0.2, -0.15) is 0 Å². The van der Waals surface area contributed by atoms with Crippen molar-refractivity contribution in [2.45, 2.75) is 31.7 Å². The van der Waals surface area contributed by atoms with Gasteiger partial charge in [-0.1, -0.05) is 102 Å². The average molecular weight is 654 g/mol. The summed E-state index contributed by atoms with van der Waals surface area (Å²) in [5.74, 6) is -0.854. The van der Waals surface area contributed by atoms with Gasteiger partial charge in [-0.3, -0.25) is 24.9 Å². The SMILES string of the molecule is N[C@@H](Cc1ccc(OCc2ccccc2)cc1)C(=O)C(C(=O)Nc1n[nH]c(=S)s1)N(C(=O)OCc1ccccc1)c1ccccc1. The molecule has 0 spiro atoms. The summed E-state index contributed by atoms with van der Waals surface area (Å²) in [5.41, 5.74) is 9.26. The van der Waals surface area contributed by atoms with E-state index in [-0.39, 0.29) is 23.8 Å². The van der Waals surface area contributed by atoms with Crippen molar-refractivity contribution in [1.29, 1.82) is 0 Å². The van der Waals surface area contributed by atoms with Gasteiger partial charge in [0, 0.05) is 5.69 Å². The molecule has 0 radical (unpaired) electrons. The number of aromatic amines is 1. The largest absolute Gasteiger partial charge is 0.489 e. The highest BCUT2D eigenvalue weighted by atomic mass is 32.1. The van der Waals surface area contributed by atoms with Crippen molar-refractivity contribution in [2.24, 2.45) is 5.73 Å². The molecule has 0 saturated heterocycles. The van der Waals surface area contributed by atoms with Crippen LogP contribution >= 0.6 is 23.6 Å². The van der Waals surface area contributed by atoms with E-state index in [1.54, 1.807) is 54.6 Å². The highest BCUT2D eigenvalue weighted by Crippen LogP contribution is 2.23. The number of aromatic nitrogens is 2. The van der Waals surface area contributed by atoms with Gasteiger partial charge in [0.2, 0.25) is 5.13 Å². The van der Waals surface area contributed by atoms with Gasteiger partial charge in [0.05, 0.1) is 6.04 Å². The number of Topliss-reactive ketones (excluding diaryl/α,β-unsaturated/α-hetero) is 1. The van der Waals surface area contributed by atoms with Crippen LogP contribution in [0.1, 0.15) is 16.7 Å². The maximum Gasteiger partial charge on any atom is 0.415 e. The van der Waals surface area contributed by atoms with Crippen LogP contribution in [0.2, 0.25) is 0 Å². The normalized spacial score (nSPS) is 12.0. The Morgan fingerprint density at radius 1 is 0.826 bits per heavy atom. The van der Waals surface area contributed by atoms with Crippen molar-refractivity contribution < 1.29 is 23.9 Å². The Hall–Kier alpha value is -5.17. The van der Waals surface area contributed by atoms with Gasteiger partial charge in [0.25, 0.3) is 5.91 Å². The van der Waals surface area contributed by atoms with Crippen molar-refractivity contribution in [3.63, 3.8) is 0 Å². The molecule has 1 heterocycles. The summed E-state index contributed by atoms with van der Waals surface area (Å²) in [5, 5.41) is 9.30. The third kappa shape index (κ3) is 8.72. The Morgan fingerprint density at radius 3 is 2.00 bits per heavy atom. The zero-order valence-corrected chi connectivity index (χ0v) is 26.2. The fraction of sp³-hybridized carbons (Fsp3) is 0.147.